The Kier molecular flexibility index (Phi) is 7.10. The number of hydrogen-bond acceptors (Lipinski definition) is 7. The highest BCUT2D eigenvalue weighted by molar-refractivity contribution is 5.80. The van der Waals surface area contributed by atoms with Gasteiger partial charge in [0.15, 0.2) is 0 Å². The standard InChI is InChI=1S/C30H36N6O3/c1-39-27-9-5-8-26(33-27)36-15-11-23-19-34(21-32-28(23)36)20-30(38)12-16-35(17-13-30)29(37)24-10-14-31-18-25(24)22-6-3-2-4-7-22/h2-9,11,15,19,24-25,31,38H,10,12-14,16-18,20-21H2,1H3/t24-,25+/m1/s1. The predicted octanol–water partition coefficient (Wildman–Crippen LogP) is 1.26. The molecular weight excluding hydrogens is 492 g/mol. The second-order valence-electron chi connectivity index (χ2n) is 10.8. The number of β-amino-alcohol motifs (C(OH)–C–C–N with tert-alkyl or cyclic N) is 1. The zero-order valence-electron chi connectivity index (χ0n) is 22.4. The lowest BCUT2D eigenvalue weighted by Crippen LogP contribution is -2.54. The zero-order valence-corrected chi connectivity index (χ0v) is 22.4. The molecule has 2 aromatic heterocycles. The minimum atomic E-state index is -0.857. The molecular formula is C30H36N6O3. The number of ether oxygens (including phenoxy) is 1. The molecule has 3 aromatic rings. The highest BCUT2D eigenvalue weighted by atomic mass is 16.5. The molecule has 0 unspecified atom stereocenters. The number of amides is 1. The predicted molar refractivity (Wildman–Crippen MR) is 148 cm³/mol. The van der Waals surface area contributed by atoms with Crippen molar-refractivity contribution in [2.45, 2.75) is 30.8 Å². The number of piperidine rings is 2. The molecule has 204 valence electrons. The average Bonchev–Trinajstić information content (AvgIpc) is 3.41. The molecule has 1 amide bonds. The van der Waals surface area contributed by atoms with Gasteiger partial charge in [0, 0.05) is 61.7 Å². The maximum atomic E-state index is 13.6. The maximum absolute atomic E-state index is 13.6. The quantitative estimate of drug-likeness (QED) is 0.500. The maximum Gasteiger partial charge on any atom is 0.226 e. The summed E-state index contributed by atoms with van der Waals surface area (Å²) >= 11 is 0. The van der Waals surface area contributed by atoms with Gasteiger partial charge in [-0.2, -0.15) is 4.98 Å². The van der Waals surface area contributed by atoms with Crippen LogP contribution in [0.5, 0.6) is 5.88 Å². The summed E-state index contributed by atoms with van der Waals surface area (Å²) < 4.78 is 7.22. The fourth-order valence-electron chi connectivity index (χ4n) is 6.15. The van der Waals surface area contributed by atoms with Crippen molar-refractivity contribution in [3.63, 3.8) is 0 Å². The van der Waals surface area contributed by atoms with E-state index in [0.717, 1.165) is 36.0 Å². The molecule has 9 nitrogen and oxygen atoms in total. The van der Waals surface area contributed by atoms with E-state index >= 15 is 0 Å². The van der Waals surface area contributed by atoms with Gasteiger partial charge < -0.3 is 25.0 Å². The van der Waals surface area contributed by atoms with Crippen LogP contribution in [-0.2, 0) is 4.79 Å². The van der Waals surface area contributed by atoms with Crippen molar-refractivity contribution in [1.82, 2.24) is 24.7 Å². The van der Waals surface area contributed by atoms with Gasteiger partial charge in [0.25, 0.3) is 0 Å². The molecule has 6 rings (SSSR count). The Labute approximate surface area is 228 Å². The second kappa shape index (κ2) is 10.8. The van der Waals surface area contributed by atoms with Crippen LogP contribution in [0.15, 0.2) is 65.8 Å². The Morgan fingerprint density at radius 2 is 1.95 bits per heavy atom. The third kappa shape index (κ3) is 5.29. The lowest BCUT2D eigenvalue weighted by molar-refractivity contribution is -0.141. The Balaban J connectivity index is 1.10. The first-order chi connectivity index (χ1) is 19.0. The molecule has 3 aliphatic rings. The average molecular weight is 529 g/mol. The van der Waals surface area contributed by atoms with Gasteiger partial charge in [-0.15, -0.1) is 0 Å². The van der Waals surface area contributed by atoms with Crippen molar-refractivity contribution >= 4 is 12.1 Å². The van der Waals surface area contributed by atoms with Crippen LogP contribution in [0.25, 0.3) is 12.0 Å². The number of benzene rings is 1. The molecule has 0 bridgehead atoms. The molecule has 0 aliphatic carbocycles. The van der Waals surface area contributed by atoms with E-state index in [9.17, 15) is 9.90 Å². The minimum Gasteiger partial charge on any atom is -0.481 e. The molecule has 2 N–H and O–H groups in total. The van der Waals surface area contributed by atoms with Crippen molar-refractivity contribution < 1.29 is 14.6 Å². The van der Waals surface area contributed by atoms with Crippen LogP contribution in [0, 0.1) is 5.92 Å². The van der Waals surface area contributed by atoms with Crippen LogP contribution in [-0.4, -0.2) is 82.5 Å². The van der Waals surface area contributed by atoms with Gasteiger partial charge in [0.05, 0.1) is 12.7 Å². The number of pyridine rings is 1. The molecule has 0 spiro atoms. The lowest BCUT2D eigenvalue weighted by atomic mass is 9.80. The Morgan fingerprint density at radius 1 is 1.13 bits per heavy atom. The lowest BCUT2D eigenvalue weighted by Gasteiger charge is -2.43. The molecule has 0 radical (unpaired) electrons. The summed E-state index contributed by atoms with van der Waals surface area (Å²) in [7, 11) is 1.60. The summed E-state index contributed by atoms with van der Waals surface area (Å²) in [5.41, 5.74) is 1.20. The zero-order chi connectivity index (χ0) is 26.8. The van der Waals surface area contributed by atoms with Crippen molar-refractivity contribution in [2.24, 2.45) is 10.9 Å². The number of fused-ring (bicyclic) bond motifs is 1. The van der Waals surface area contributed by atoms with Gasteiger partial charge in [0.2, 0.25) is 11.8 Å². The number of methoxy groups -OCH3 is 1. The number of nitrogens with one attached hydrogen (secondary N) is 1. The number of likely N-dealkylation sites (tertiary alicyclic amines) is 1. The van der Waals surface area contributed by atoms with Crippen LogP contribution >= 0.6 is 0 Å². The van der Waals surface area contributed by atoms with E-state index in [-0.39, 0.29) is 17.7 Å². The number of hydrogen-bond donors (Lipinski definition) is 2. The topological polar surface area (TPSA) is 95.2 Å². The van der Waals surface area contributed by atoms with Crippen molar-refractivity contribution in [2.75, 3.05) is 46.5 Å². The number of rotatable bonds is 6. The minimum absolute atomic E-state index is 0.0180. The molecule has 1 aromatic carbocycles. The van der Waals surface area contributed by atoms with Gasteiger partial charge in [-0.1, -0.05) is 36.4 Å². The largest absolute Gasteiger partial charge is 0.481 e. The molecule has 3 aliphatic heterocycles. The van der Waals surface area contributed by atoms with Crippen LogP contribution in [0.2, 0.25) is 0 Å². The molecule has 0 saturated carbocycles. The monoisotopic (exact) mass is 528 g/mol. The van der Waals surface area contributed by atoms with Crippen molar-refractivity contribution in [3.8, 4) is 11.7 Å². The second-order valence-corrected chi connectivity index (χ2v) is 10.8. The van der Waals surface area contributed by atoms with E-state index < -0.39 is 5.60 Å². The fourth-order valence-corrected chi connectivity index (χ4v) is 6.15. The normalized spacial score (nSPS) is 22.4. The molecule has 2 fully saturated rings. The molecule has 9 heteroatoms. The number of carbonyl (C=O) groups is 1. The van der Waals surface area contributed by atoms with Crippen LogP contribution in [0.3, 0.4) is 0 Å². The van der Waals surface area contributed by atoms with Gasteiger partial charge in [0.1, 0.15) is 18.0 Å². The van der Waals surface area contributed by atoms with E-state index in [1.807, 2.05) is 58.1 Å². The Morgan fingerprint density at radius 3 is 2.74 bits per heavy atom. The summed E-state index contributed by atoms with van der Waals surface area (Å²) in [5.74, 6) is 1.70. The van der Waals surface area contributed by atoms with Gasteiger partial charge in [-0.05, 0) is 43.5 Å². The van der Waals surface area contributed by atoms with Crippen molar-refractivity contribution in [3.05, 3.63) is 77.1 Å². The summed E-state index contributed by atoms with van der Waals surface area (Å²) in [5, 5.41) is 15.9. The Hall–Kier alpha value is -3.69. The molecule has 5 heterocycles. The van der Waals surface area contributed by atoms with E-state index in [2.05, 4.69) is 33.5 Å². The van der Waals surface area contributed by atoms with E-state index in [1.165, 1.54) is 5.56 Å². The third-order valence-corrected chi connectivity index (χ3v) is 8.31. The summed E-state index contributed by atoms with van der Waals surface area (Å²) in [6, 6.07) is 18.0. The van der Waals surface area contributed by atoms with Crippen LogP contribution < -0.4 is 20.8 Å². The smallest absolute Gasteiger partial charge is 0.226 e. The van der Waals surface area contributed by atoms with Gasteiger partial charge in [-0.25, -0.2) is 4.99 Å². The molecule has 2 atom stereocenters. The highest BCUT2D eigenvalue weighted by Gasteiger charge is 2.39. The number of aromatic nitrogens is 2. The first-order valence-corrected chi connectivity index (χ1v) is 13.8. The fraction of sp³-hybridized carbons (Fsp3) is 0.433. The summed E-state index contributed by atoms with van der Waals surface area (Å²) in [6.07, 6.45) is 5.99. The van der Waals surface area contributed by atoms with Crippen LogP contribution in [0.1, 0.15) is 30.7 Å². The SMILES string of the molecule is COc1cccc(-n2ccc3c2=NCN(CC2(O)CCN(C(=O)[C@@H]4CCNC[C@H]4c4ccccc4)CC2)C=3)n1. The summed E-state index contributed by atoms with van der Waals surface area (Å²) in [6.45, 7) is 3.79. The van der Waals surface area contributed by atoms with E-state index in [1.54, 1.807) is 7.11 Å². The van der Waals surface area contributed by atoms with Crippen LogP contribution in [0.4, 0.5) is 0 Å². The van der Waals surface area contributed by atoms with E-state index in [4.69, 9.17) is 9.73 Å². The molecule has 2 saturated heterocycles. The Bertz CT molecular complexity index is 1430. The number of aliphatic hydroxyl groups is 1. The van der Waals surface area contributed by atoms with Crippen molar-refractivity contribution in [1.29, 1.82) is 0 Å². The van der Waals surface area contributed by atoms with E-state index in [0.29, 0.717) is 45.0 Å². The third-order valence-electron chi connectivity index (χ3n) is 8.31. The van der Waals surface area contributed by atoms with Gasteiger partial charge >= 0.3 is 0 Å². The number of carbonyl (C=O) groups excluding carboxylic acids is 1. The highest BCUT2D eigenvalue weighted by Crippen LogP contribution is 2.33. The first-order valence-electron chi connectivity index (χ1n) is 13.8. The number of nitrogens with zero attached hydrogens (tertiary/aromatic N) is 5. The molecule has 39 heavy (non-hydrogen) atoms. The summed E-state index contributed by atoms with van der Waals surface area (Å²) in [4.78, 5) is 27.0. The first kappa shape index (κ1) is 25.6. The van der Waals surface area contributed by atoms with Gasteiger partial charge in [-0.3, -0.25) is 9.36 Å².